The van der Waals surface area contributed by atoms with Crippen LogP contribution >= 0.6 is 11.6 Å². The van der Waals surface area contributed by atoms with Gasteiger partial charge in [0.15, 0.2) is 0 Å². The highest BCUT2D eigenvalue weighted by molar-refractivity contribution is 6.30. The number of nitrogens with one attached hydrogen (secondary N) is 1. The smallest absolute Gasteiger partial charge is 0.271 e. The zero-order chi connectivity index (χ0) is 14.5. The molecule has 0 atom stereocenters. The van der Waals surface area contributed by atoms with Crippen molar-refractivity contribution >= 4 is 23.2 Å². The minimum atomic E-state index is -0.328. The molecule has 0 unspecified atom stereocenters. The molecule has 0 fully saturated rings. The van der Waals surface area contributed by atoms with Crippen LogP contribution in [0, 0.1) is 0 Å². The second-order valence-corrected chi connectivity index (χ2v) is 4.63. The lowest BCUT2D eigenvalue weighted by Gasteiger charge is -2.03. The van der Waals surface area contributed by atoms with Gasteiger partial charge in [0.25, 0.3) is 5.91 Å². The van der Waals surface area contributed by atoms with E-state index in [0.717, 1.165) is 5.56 Å². The molecule has 0 aromatic heterocycles. The van der Waals surface area contributed by atoms with E-state index < -0.39 is 0 Å². The van der Waals surface area contributed by atoms with Gasteiger partial charge < -0.3 is 5.11 Å². The molecule has 2 aromatic rings. The zero-order valence-electron chi connectivity index (χ0n) is 10.8. The molecule has 0 radical (unpaired) electrons. The zero-order valence-corrected chi connectivity index (χ0v) is 11.6. The van der Waals surface area contributed by atoms with Gasteiger partial charge in [0.2, 0.25) is 0 Å². The summed E-state index contributed by atoms with van der Waals surface area (Å²) in [5.41, 5.74) is 4.36. The van der Waals surface area contributed by atoms with Crippen LogP contribution in [-0.4, -0.2) is 16.7 Å². The molecule has 1 amide bonds. The Kier molecular flexibility index (Phi) is 4.38. The molecule has 4 nitrogen and oxygen atoms in total. The number of hydrogen-bond donors (Lipinski definition) is 2. The van der Waals surface area contributed by atoms with E-state index in [1.807, 2.05) is 0 Å². The van der Waals surface area contributed by atoms with Crippen LogP contribution in [0.4, 0.5) is 0 Å². The Labute approximate surface area is 121 Å². The fourth-order valence-electron chi connectivity index (χ4n) is 1.60. The van der Waals surface area contributed by atoms with Crippen molar-refractivity contribution in [2.45, 2.75) is 6.92 Å². The highest BCUT2D eigenvalue weighted by Crippen LogP contribution is 2.11. The van der Waals surface area contributed by atoms with E-state index in [-0.39, 0.29) is 11.7 Å². The fraction of sp³-hybridized carbons (Fsp3) is 0.0667. The SMILES string of the molecule is C/C(=N/NC(=O)c1cccc(Cl)c1)c1ccc(O)cc1. The predicted molar refractivity (Wildman–Crippen MR) is 79.2 cm³/mol. The molecule has 0 aliphatic rings. The first kappa shape index (κ1) is 14.1. The van der Waals surface area contributed by atoms with Crippen molar-refractivity contribution in [3.8, 4) is 5.75 Å². The average Bonchev–Trinajstić information content (AvgIpc) is 2.45. The van der Waals surface area contributed by atoms with Crippen molar-refractivity contribution in [2.75, 3.05) is 0 Å². The second kappa shape index (κ2) is 6.21. The summed E-state index contributed by atoms with van der Waals surface area (Å²) in [7, 11) is 0. The summed E-state index contributed by atoms with van der Waals surface area (Å²) in [5.74, 6) is -0.143. The Bertz CT molecular complexity index is 651. The van der Waals surface area contributed by atoms with E-state index in [0.29, 0.717) is 16.3 Å². The fourth-order valence-corrected chi connectivity index (χ4v) is 1.79. The summed E-state index contributed by atoms with van der Waals surface area (Å²) in [6.45, 7) is 1.77. The first-order chi connectivity index (χ1) is 9.56. The normalized spacial score (nSPS) is 11.2. The molecule has 2 aromatic carbocycles. The lowest BCUT2D eigenvalue weighted by Crippen LogP contribution is -2.19. The number of amides is 1. The molecule has 0 saturated heterocycles. The van der Waals surface area contributed by atoms with Crippen LogP contribution in [0.3, 0.4) is 0 Å². The molecular weight excluding hydrogens is 276 g/mol. The third-order valence-corrected chi connectivity index (χ3v) is 2.93. The lowest BCUT2D eigenvalue weighted by molar-refractivity contribution is 0.0955. The molecule has 0 saturated carbocycles. The summed E-state index contributed by atoms with van der Waals surface area (Å²) in [6, 6.07) is 13.2. The Morgan fingerprint density at radius 1 is 1.15 bits per heavy atom. The molecular formula is C15H13ClN2O2. The number of benzene rings is 2. The molecule has 5 heteroatoms. The number of rotatable bonds is 3. The summed E-state index contributed by atoms with van der Waals surface area (Å²) in [4.78, 5) is 11.9. The van der Waals surface area contributed by atoms with Crippen LogP contribution in [0.25, 0.3) is 0 Å². The third kappa shape index (κ3) is 3.59. The van der Waals surface area contributed by atoms with E-state index in [2.05, 4.69) is 10.5 Å². The Morgan fingerprint density at radius 2 is 1.85 bits per heavy atom. The van der Waals surface area contributed by atoms with Crippen LogP contribution in [0.15, 0.2) is 53.6 Å². The molecule has 20 heavy (non-hydrogen) atoms. The van der Waals surface area contributed by atoms with Crippen LogP contribution in [-0.2, 0) is 0 Å². The third-order valence-electron chi connectivity index (χ3n) is 2.70. The van der Waals surface area contributed by atoms with Crippen molar-refractivity contribution in [1.82, 2.24) is 5.43 Å². The van der Waals surface area contributed by atoms with Gasteiger partial charge in [-0.1, -0.05) is 17.7 Å². The van der Waals surface area contributed by atoms with Gasteiger partial charge in [0, 0.05) is 10.6 Å². The number of carbonyl (C=O) groups excluding carboxylic acids is 1. The minimum Gasteiger partial charge on any atom is -0.508 e. The molecule has 0 bridgehead atoms. The maximum absolute atomic E-state index is 11.9. The Balaban J connectivity index is 2.08. The van der Waals surface area contributed by atoms with Crippen molar-refractivity contribution < 1.29 is 9.90 Å². The van der Waals surface area contributed by atoms with E-state index in [1.165, 1.54) is 0 Å². The quantitative estimate of drug-likeness (QED) is 0.673. The molecule has 0 aliphatic carbocycles. The van der Waals surface area contributed by atoms with E-state index in [4.69, 9.17) is 11.6 Å². The molecule has 2 N–H and O–H groups in total. The van der Waals surface area contributed by atoms with Crippen molar-refractivity contribution in [2.24, 2.45) is 5.10 Å². The number of hydrazone groups is 1. The lowest BCUT2D eigenvalue weighted by atomic mass is 10.1. The number of hydrogen-bond acceptors (Lipinski definition) is 3. The Morgan fingerprint density at radius 3 is 2.50 bits per heavy atom. The standard InChI is InChI=1S/C15H13ClN2O2/c1-10(11-5-7-14(19)8-6-11)17-18-15(20)12-3-2-4-13(16)9-12/h2-9,19H,1H3,(H,18,20)/b17-10-. The van der Waals surface area contributed by atoms with Gasteiger partial charge >= 0.3 is 0 Å². The van der Waals surface area contributed by atoms with Gasteiger partial charge in [0.05, 0.1) is 5.71 Å². The van der Waals surface area contributed by atoms with Crippen molar-refractivity contribution in [3.05, 3.63) is 64.7 Å². The van der Waals surface area contributed by atoms with Crippen LogP contribution in [0.2, 0.25) is 5.02 Å². The predicted octanol–water partition coefficient (Wildman–Crippen LogP) is 3.20. The molecule has 2 rings (SSSR count). The number of carbonyl (C=O) groups is 1. The first-order valence-corrected chi connectivity index (χ1v) is 6.33. The summed E-state index contributed by atoms with van der Waals surface area (Å²) in [6.07, 6.45) is 0. The average molecular weight is 289 g/mol. The summed E-state index contributed by atoms with van der Waals surface area (Å²) < 4.78 is 0. The first-order valence-electron chi connectivity index (χ1n) is 5.96. The highest BCUT2D eigenvalue weighted by atomic mass is 35.5. The molecule has 102 valence electrons. The van der Waals surface area contributed by atoms with E-state index in [1.54, 1.807) is 55.5 Å². The van der Waals surface area contributed by atoms with Gasteiger partial charge in [-0.25, -0.2) is 5.43 Å². The van der Waals surface area contributed by atoms with Crippen LogP contribution < -0.4 is 5.43 Å². The van der Waals surface area contributed by atoms with Gasteiger partial charge in [0.1, 0.15) is 5.75 Å². The largest absolute Gasteiger partial charge is 0.508 e. The maximum atomic E-state index is 11.9. The number of nitrogens with zero attached hydrogens (tertiary/aromatic N) is 1. The molecule has 0 heterocycles. The number of halogens is 1. The molecule has 0 spiro atoms. The summed E-state index contributed by atoms with van der Waals surface area (Å²) >= 11 is 5.82. The van der Waals surface area contributed by atoms with E-state index >= 15 is 0 Å². The van der Waals surface area contributed by atoms with Gasteiger partial charge in [-0.3, -0.25) is 4.79 Å². The van der Waals surface area contributed by atoms with Gasteiger partial charge in [-0.15, -0.1) is 0 Å². The van der Waals surface area contributed by atoms with Gasteiger partial charge in [-0.2, -0.15) is 5.10 Å². The monoisotopic (exact) mass is 288 g/mol. The van der Waals surface area contributed by atoms with E-state index in [9.17, 15) is 9.90 Å². The van der Waals surface area contributed by atoms with Crippen molar-refractivity contribution in [1.29, 1.82) is 0 Å². The summed E-state index contributed by atoms with van der Waals surface area (Å²) in [5, 5.41) is 13.7. The van der Waals surface area contributed by atoms with Crippen LogP contribution in [0.5, 0.6) is 5.75 Å². The Hall–Kier alpha value is -2.33. The number of phenolic OH excluding ortho intramolecular Hbond substituents is 1. The second-order valence-electron chi connectivity index (χ2n) is 4.20. The van der Waals surface area contributed by atoms with Crippen molar-refractivity contribution in [3.63, 3.8) is 0 Å². The topological polar surface area (TPSA) is 61.7 Å². The van der Waals surface area contributed by atoms with Crippen LogP contribution in [0.1, 0.15) is 22.8 Å². The highest BCUT2D eigenvalue weighted by Gasteiger charge is 2.05. The number of aromatic hydroxyl groups is 1. The molecule has 0 aliphatic heterocycles. The maximum Gasteiger partial charge on any atom is 0.271 e. The van der Waals surface area contributed by atoms with Gasteiger partial charge in [-0.05, 0) is 55.0 Å². The minimum absolute atomic E-state index is 0.185. The number of phenols is 1.